The SMILES string of the molecule is Cc1cc(Br)cc(-n2c(CCl)nc3cc(I)ccc32)c1. The number of hydrogen-bond donors (Lipinski definition) is 0. The lowest BCUT2D eigenvalue weighted by Crippen LogP contribution is -1.99. The van der Waals surface area contributed by atoms with Gasteiger partial charge in [0.15, 0.2) is 0 Å². The second-order valence-corrected chi connectivity index (χ2v) is 7.05. The van der Waals surface area contributed by atoms with Crippen molar-refractivity contribution in [2.75, 3.05) is 0 Å². The highest BCUT2D eigenvalue weighted by Gasteiger charge is 2.12. The number of benzene rings is 2. The van der Waals surface area contributed by atoms with E-state index in [2.05, 4.69) is 91.4 Å². The number of halogens is 3. The van der Waals surface area contributed by atoms with Crippen molar-refractivity contribution in [3.05, 3.63) is 55.8 Å². The molecule has 0 bridgehead atoms. The van der Waals surface area contributed by atoms with Crippen molar-refractivity contribution in [3.63, 3.8) is 0 Å². The third-order valence-corrected chi connectivity index (χ3v) is 4.46. The average Bonchev–Trinajstić information content (AvgIpc) is 2.74. The quantitative estimate of drug-likeness (QED) is 0.367. The van der Waals surface area contributed by atoms with E-state index < -0.39 is 0 Å². The second kappa shape index (κ2) is 5.66. The van der Waals surface area contributed by atoms with Crippen LogP contribution < -0.4 is 0 Å². The maximum atomic E-state index is 6.08. The van der Waals surface area contributed by atoms with Crippen molar-refractivity contribution in [1.82, 2.24) is 9.55 Å². The first-order valence-corrected chi connectivity index (χ1v) is 8.49. The van der Waals surface area contributed by atoms with E-state index in [0.717, 1.165) is 27.0 Å². The van der Waals surface area contributed by atoms with Crippen LogP contribution >= 0.6 is 50.1 Å². The smallest absolute Gasteiger partial charge is 0.129 e. The number of alkyl halides is 1. The first-order valence-electron chi connectivity index (χ1n) is 6.09. The van der Waals surface area contributed by atoms with Crippen LogP contribution in [0.2, 0.25) is 0 Å². The summed E-state index contributed by atoms with van der Waals surface area (Å²) in [6, 6.07) is 12.6. The van der Waals surface area contributed by atoms with E-state index in [-0.39, 0.29) is 0 Å². The molecule has 3 aromatic rings. The largest absolute Gasteiger partial charge is 0.295 e. The average molecular weight is 462 g/mol. The van der Waals surface area contributed by atoms with Crippen LogP contribution in [0.3, 0.4) is 0 Å². The van der Waals surface area contributed by atoms with Gasteiger partial charge in [-0.05, 0) is 71.5 Å². The van der Waals surface area contributed by atoms with Crippen molar-refractivity contribution < 1.29 is 0 Å². The molecule has 0 amide bonds. The first-order chi connectivity index (χ1) is 9.58. The van der Waals surface area contributed by atoms with Crippen molar-refractivity contribution in [3.8, 4) is 5.69 Å². The van der Waals surface area contributed by atoms with Gasteiger partial charge in [-0.15, -0.1) is 11.6 Å². The summed E-state index contributed by atoms with van der Waals surface area (Å²) in [4.78, 5) is 4.64. The summed E-state index contributed by atoms with van der Waals surface area (Å²) in [5.74, 6) is 1.25. The van der Waals surface area contributed by atoms with Crippen LogP contribution in [-0.2, 0) is 5.88 Å². The van der Waals surface area contributed by atoms with E-state index in [1.54, 1.807) is 0 Å². The molecule has 2 nitrogen and oxygen atoms in total. The Morgan fingerprint density at radius 1 is 1.25 bits per heavy atom. The van der Waals surface area contributed by atoms with E-state index in [0.29, 0.717) is 5.88 Å². The lowest BCUT2D eigenvalue weighted by atomic mass is 10.2. The van der Waals surface area contributed by atoms with Crippen LogP contribution in [0.25, 0.3) is 16.7 Å². The Morgan fingerprint density at radius 2 is 2.05 bits per heavy atom. The third kappa shape index (κ3) is 2.61. The van der Waals surface area contributed by atoms with Crippen LogP contribution in [0.1, 0.15) is 11.4 Å². The molecule has 0 N–H and O–H groups in total. The Hall–Kier alpha value is -0.590. The first kappa shape index (κ1) is 14.4. The summed E-state index contributed by atoms with van der Waals surface area (Å²) in [7, 11) is 0. The molecule has 102 valence electrons. The summed E-state index contributed by atoms with van der Waals surface area (Å²) in [5, 5.41) is 0. The van der Waals surface area contributed by atoms with Crippen molar-refractivity contribution in [2.45, 2.75) is 12.8 Å². The standard InChI is InChI=1S/C15H11BrClIN2/c1-9-4-10(16)6-12(5-9)20-14-3-2-11(18)7-13(14)19-15(20)8-17/h2-7H,8H2,1H3. The molecule has 0 unspecified atom stereocenters. The van der Waals surface area contributed by atoms with Gasteiger partial charge in [0.25, 0.3) is 0 Å². The highest BCUT2D eigenvalue weighted by Crippen LogP contribution is 2.26. The molecule has 0 saturated carbocycles. The Kier molecular flexibility index (Phi) is 4.06. The normalized spacial score (nSPS) is 11.2. The van der Waals surface area contributed by atoms with Crippen LogP contribution in [0.5, 0.6) is 0 Å². The van der Waals surface area contributed by atoms with Gasteiger partial charge in [0.1, 0.15) is 5.82 Å². The fourth-order valence-corrected chi connectivity index (χ4v) is 3.58. The van der Waals surface area contributed by atoms with Crippen molar-refractivity contribution in [2.24, 2.45) is 0 Å². The van der Waals surface area contributed by atoms with Gasteiger partial charge in [0, 0.05) is 13.7 Å². The number of aromatic nitrogens is 2. The fourth-order valence-electron chi connectivity index (χ4n) is 2.33. The zero-order valence-corrected chi connectivity index (χ0v) is 15.2. The Morgan fingerprint density at radius 3 is 2.75 bits per heavy atom. The van der Waals surface area contributed by atoms with E-state index >= 15 is 0 Å². The number of fused-ring (bicyclic) bond motifs is 1. The maximum Gasteiger partial charge on any atom is 0.129 e. The lowest BCUT2D eigenvalue weighted by Gasteiger charge is -2.09. The number of rotatable bonds is 2. The van der Waals surface area contributed by atoms with Crippen molar-refractivity contribution >= 4 is 61.2 Å². The molecule has 0 radical (unpaired) electrons. The molecule has 5 heteroatoms. The molecular weight excluding hydrogens is 450 g/mol. The zero-order valence-electron chi connectivity index (χ0n) is 10.7. The van der Waals surface area contributed by atoms with E-state index in [1.165, 1.54) is 9.13 Å². The summed E-state index contributed by atoms with van der Waals surface area (Å²) >= 11 is 11.9. The molecule has 0 aliphatic heterocycles. The Bertz CT molecular complexity index is 778. The van der Waals surface area contributed by atoms with E-state index in [4.69, 9.17) is 11.6 Å². The number of hydrogen-bond acceptors (Lipinski definition) is 1. The summed E-state index contributed by atoms with van der Waals surface area (Å²) in [5.41, 5.74) is 4.34. The van der Waals surface area contributed by atoms with Gasteiger partial charge in [0.05, 0.1) is 16.9 Å². The van der Waals surface area contributed by atoms with Gasteiger partial charge in [-0.25, -0.2) is 4.98 Å². The molecule has 3 rings (SSSR count). The highest BCUT2D eigenvalue weighted by molar-refractivity contribution is 14.1. The predicted molar refractivity (Wildman–Crippen MR) is 95.8 cm³/mol. The minimum Gasteiger partial charge on any atom is -0.295 e. The summed E-state index contributed by atoms with van der Waals surface area (Å²) in [6.07, 6.45) is 0. The molecule has 0 spiro atoms. The fraction of sp³-hybridized carbons (Fsp3) is 0.133. The molecule has 0 aliphatic rings. The third-order valence-electron chi connectivity index (χ3n) is 3.09. The highest BCUT2D eigenvalue weighted by atomic mass is 127. The molecular formula is C15H11BrClIN2. The van der Waals surface area contributed by atoms with Crippen LogP contribution in [-0.4, -0.2) is 9.55 Å². The predicted octanol–water partition coefficient (Wildman–Crippen LogP) is 5.44. The number of nitrogens with zero attached hydrogens (tertiary/aromatic N) is 2. The molecule has 1 heterocycles. The number of aryl methyl sites for hydroxylation is 1. The molecule has 0 atom stereocenters. The molecule has 0 fully saturated rings. The number of imidazole rings is 1. The molecule has 20 heavy (non-hydrogen) atoms. The Balaban J connectivity index is 2.33. The topological polar surface area (TPSA) is 17.8 Å². The second-order valence-electron chi connectivity index (χ2n) is 4.62. The maximum absolute atomic E-state index is 6.08. The zero-order chi connectivity index (χ0) is 14.3. The van der Waals surface area contributed by atoms with Gasteiger partial charge >= 0.3 is 0 Å². The monoisotopic (exact) mass is 460 g/mol. The van der Waals surface area contributed by atoms with Crippen LogP contribution in [0, 0.1) is 10.5 Å². The van der Waals surface area contributed by atoms with Crippen LogP contribution in [0.4, 0.5) is 0 Å². The van der Waals surface area contributed by atoms with Crippen LogP contribution in [0.15, 0.2) is 40.9 Å². The van der Waals surface area contributed by atoms with Gasteiger partial charge < -0.3 is 0 Å². The van der Waals surface area contributed by atoms with E-state index in [1.807, 2.05) is 0 Å². The van der Waals surface area contributed by atoms with E-state index in [9.17, 15) is 0 Å². The summed E-state index contributed by atoms with van der Waals surface area (Å²) < 4.78 is 4.35. The van der Waals surface area contributed by atoms with Gasteiger partial charge in [-0.3, -0.25) is 4.57 Å². The van der Waals surface area contributed by atoms with Gasteiger partial charge in [-0.2, -0.15) is 0 Å². The minimum absolute atomic E-state index is 0.386. The molecule has 1 aromatic heterocycles. The summed E-state index contributed by atoms with van der Waals surface area (Å²) in [6.45, 7) is 2.08. The van der Waals surface area contributed by atoms with Gasteiger partial charge in [-0.1, -0.05) is 15.9 Å². The molecule has 0 aliphatic carbocycles. The Labute approximate surface area is 144 Å². The molecule has 0 saturated heterocycles. The minimum atomic E-state index is 0.386. The van der Waals surface area contributed by atoms with Crippen molar-refractivity contribution in [1.29, 1.82) is 0 Å². The molecule has 2 aromatic carbocycles. The van der Waals surface area contributed by atoms with Gasteiger partial charge in [0.2, 0.25) is 0 Å². The lowest BCUT2D eigenvalue weighted by molar-refractivity contribution is 0.979.